The molecular weight excluding hydrogens is 390 g/mol. The van der Waals surface area contributed by atoms with E-state index in [4.69, 9.17) is 14.8 Å². The Bertz CT molecular complexity index is 1000. The van der Waals surface area contributed by atoms with E-state index in [-0.39, 0.29) is 0 Å². The summed E-state index contributed by atoms with van der Waals surface area (Å²) in [6, 6.07) is 14.8. The molecule has 150 valence electrons. The van der Waals surface area contributed by atoms with Gasteiger partial charge in [0, 0.05) is 30.1 Å². The van der Waals surface area contributed by atoms with Crippen molar-refractivity contribution in [2.75, 3.05) is 25.6 Å². The van der Waals surface area contributed by atoms with Crippen LogP contribution in [-0.2, 0) is 11.3 Å². The number of carboxylic acids is 1. The van der Waals surface area contributed by atoms with Gasteiger partial charge in [-0.15, -0.1) is 11.3 Å². The maximum absolute atomic E-state index is 11.9. The number of hydrogen-bond acceptors (Lipinski definition) is 6. The number of carboxylic acid groups (broad SMARTS) is 1. The smallest absolute Gasteiger partial charge is 0.322 e. The number of methoxy groups -OCH3 is 1. The van der Waals surface area contributed by atoms with E-state index in [9.17, 15) is 9.59 Å². The predicted molar refractivity (Wildman–Crippen MR) is 113 cm³/mol. The number of ether oxygens (including phenoxy) is 1. The van der Waals surface area contributed by atoms with E-state index >= 15 is 0 Å². The zero-order chi connectivity index (χ0) is 20.8. The number of aromatic nitrogens is 1. The molecule has 3 rings (SSSR count). The maximum atomic E-state index is 11.9. The molecule has 0 fully saturated rings. The average molecular weight is 411 g/mol. The lowest BCUT2D eigenvalue weighted by Crippen LogP contribution is -2.29. The molecule has 0 saturated heterocycles. The molecule has 0 bridgehead atoms. The molecular formula is C21H21N3O4S. The van der Waals surface area contributed by atoms with Crippen LogP contribution in [0.5, 0.6) is 5.75 Å². The second-order valence-corrected chi connectivity index (χ2v) is 7.18. The number of rotatable bonds is 8. The lowest BCUT2D eigenvalue weighted by Gasteiger charge is -2.16. The Morgan fingerprint density at radius 3 is 2.59 bits per heavy atom. The number of benzene rings is 2. The van der Waals surface area contributed by atoms with Crippen LogP contribution in [0.15, 0.2) is 53.9 Å². The minimum Gasteiger partial charge on any atom is -0.496 e. The van der Waals surface area contributed by atoms with Crippen LogP contribution in [0.2, 0.25) is 0 Å². The van der Waals surface area contributed by atoms with Gasteiger partial charge in [-0.3, -0.25) is 9.59 Å². The molecule has 0 spiro atoms. The third kappa shape index (κ3) is 5.11. The van der Waals surface area contributed by atoms with Gasteiger partial charge in [-0.25, -0.2) is 4.98 Å². The van der Waals surface area contributed by atoms with Gasteiger partial charge >= 0.3 is 5.97 Å². The largest absolute Gasteiger partial charge is 0.496 e. The van der Waals surface area contributed by atoms with Crippen LogP contribution >= 0.6 is 11.3 Å². The molecule has 0 saturated carbocycles. The summed E-state index contributed by atoms with van der Waals surface area (Å²) in [5.74, 6) is -0.704. The molecule has 2 N–H and O–H groups in total. The molecule has 1 aromatic heterocycles. The summed E-state index contributed by atoms with van der Waals surface area (Å²) in [6.45, 7) is 0.220. The fourth-order valence-corrected chi connectivity index (χ4v) is 3.57. The quantitative estimate of drug-likeness (QED) is 0.591. The van der Waals surface area contributed by atoms with Crippen LogP contribution in [-0.4, -0.2) is 42.7 Å². The summed E-state index contributed by atoms with van der Waals surface area (Å²) in [7, 11) is 3.60. The number of carbonyl (C=O) groups is 2. The Morgan fingerprint density at radius 1 is 1.17 bits per heavy atom. The SMILES string of the molecule is COc1ccccc1-c1csc(N(C)Cc2ccc(C(=O)NCC(=O)O)cc2)n1. The number of para-hydroxylation sites is 1. The van der Waals surface area contributed by atoms with Crippen molar-refractivity contribution in [1.29, 1.82) is 0 Å². The molecule has 2 aromatic carbocycles. The Kier molecular flexibility index (Phi) is 6.46. The van der Waals surface area contributed by atoms with E-state index in [0.29, 0.717) is 12.1 Å². The minimum absolute atomic E-state index is 0.401. The summed E-state index contributed by atoms with van der Waals surface area (Å²) in [5, 5.41) is 13.8. The van der Waals surface area contributed by atoms with Crippen LogP contribution < -0.4 is 15.0 Å². The van der Waals surface area contributed by atoms with Crippen molar-refractivity contribution in [2.45, 2.75) is 6.54 Å². The van der Waals surface area contributed by atoms with Crippen molar-refractivity contribution in [2.24, 2.45) is 0 Å². The first kappa shape index (κ1) is 20.3. The molecule has 3 aromatic rings. The summed E-state index contributed by atoms with van der Waals surface area (Å²) in [6.07, 6.45) is 0. The van der Waals surface area contributed by atoms with Crippen LogP contribution in [0.3, 0.4) is 0 Å². The van der Waals surface area contributed by atoms with Crippen molar-refractivity contribution < 1.29 is 19.4 Å². The number of anilines is 1. The fraction of sp³-hybridized carbons (Fsp3) is 0.190. The Balaban J connectivity index is 1.66. The van der Waals surface area contributed by atoms with Gasteiger partial charge in [0.05, 0.1) is 12.8 Å². The zero-order valence-electron chi connectivity index (χ0n) is 16.1. The first-order valence-corrected chi connectivity index (χ1v) is 9.75. The molecule has 8 heteroatoms. The molecule has 0 unspecified atom stereocenters. The summed E-state index contributed by atoms with van der Waals surface area (Å²) < 4.78 is 5.41. The highest BCUT2D eigenvalue weighted by molar-refractivity contribution is 7.14. The monoisotopic (exact) mass is 411 g/mol. The van der Waals surface area contributed by atoms with E-state index in [2.05, 4.69) is 5.32 Å². The lowest BCUT2D eigenvalue weighted by atomic mass is 10.1. The van der Waals surface area contributed by atoms with Crippen LogP contribution in [0.1, 0.15) is 15.9 Å². The predicted octanol–water partition coefficient (Wildman–Crippen LogP) is 3.27. The molecule has 0 radical (unpaired) electrons. The summed E-state index contributed by atoms with van der Waals surface area (Å²) in [5.41, 5.74) is 3.24. The number of amides is 1. The van der Waals surface area contributed by atoms with Gasteiger partial charge in [-0.1, -0.05) is 24.3 Å². The number of hydrogen-bond donors (Lipinski definition) is 2. The van der Waals surface area contributed by atoms with Crippen molar-refractivity contribution in [3.8, 4) is 17.0 Å². The minimum atomic E-state index is -1.08. The van der Waals surface area contributed by atoms with Gasteiger partial charge < -0.3 is 20.1 Å². The fourth-order valence-electron chi connectivity index (χ4n) is 2.78. The van der Waals surface area contributed by atoms with Gasteiger partial charge in [0.2, 0.25) is 0 Å². The highest BCUT2D eigenvalue weighted by Crippen LogP contribution is 2.33. The van der Waals surface area contributed by atoms with Crippen molar-refractivity contribution in [1.82, 2.24) is 10.3 Å². The molecule has 7 nitrogen and oxygen atoms in total. The van der Waals surface area contributed by atoms with Gasteiger partial charge in [-0.05, 0) is 29.8 Å². The molecule has 0 aliphatic heterocycles. The average Bonchev–Trinajstić information content (AvgIpc) is 3.22. The van der Waals surface area contributed by atoms with Crippen molar-refractivity contribution in [3.05, 3.63) is 65.0 Å². The molecule has 0 aliphatic carbocycles. The summed E-state index contributed by atoms with van der Waals surface area (Å²) >= 11 is 1.55. The molecule has 1 heterocycles. The van der Waals surface area contributed by atoms with E-state index in [0.717, 1.165) is 27.7 Å². The van der Waals surface area contributed by atoms with Crippen molar-refractivity contribution >= 4 is 28.3 Å². The van der Waals surface area contributed by atoms with Crippen LogP contribution in [0.25, 0.3) is 11.3 Å². The van der Waals surface area contributed by atoms with Gasteiger partial charge in [0.25, 0.3) is 5.91 Å². The topological polar surface area (TPSA) is 91.8 Å². The number of nitrogens with zero attached hydrogens (tertiary/aromatic N) is 2. The normalized spacial score (nSPS) is 10.4. The van der Waals surface area contributed by atoms with E-state index in [1.165, 1.54) is 0 Å². The standard InChI is InChI=1S/C21H21N3O4S/c1-24(12-14-7-9-15(10-8-14)20(27)22-11-19(25)26)21-23-17(13-29-21)16-5-3-4-6-18(16)28-2/h3-10,13H,11-12H2,1-2H3,(H,22,27)(H,25,26). The number of carbonyl (C=O) groups excluding carboxylic acids is 1. The lowest BCUT2D eigenvalue weighted by molar-refractivity contribution is -0.135. The second kappa shape index (κ2) is 9.20. The highest BCUT2D eigenvalue weighted by atomic mass is 32.1. The maximum Gasteiger partial charge on any atom is 0.322 e. The Hall–Kier alpha value is -3.39. The van der Waals surface area contributed by atoms with E-state index < -0.39 is 18.4 Å². The zero-order valence-corrected chi connectivity index (χ0v) is 16.9. The number of aliphatic carboxylic acids is 1. The van der Waals surface area contributed by atoms with E-state index in [1.54, 1.807) is 30.6 Å². The van der Waals surface area contributed by atoms with E-state index in [1.807, 2.05) is 53.7 Å². The number of thiazole rings is 1. The first-order valence-electron chi connectivity index (χ1n) is 8.87. The van der Waals surface area contributed by atoms with Crippen molar-refractivity contribution in [3.63, 3.8) is 0 Å². The van der Waals surface area contributed by atoms with Crippen LogP contribution in [0, 0.1) is 0 Å². The third-order valence-electron chi connectivity index (χ3n) is 4.24. The second-order valence-electron chi connectivity index (χ2n) is 6.35. The van der Waals surface area contributed by atoms with Crippen LogP contribution in [0.4, 0.5) is 5.13 Å². The third-order valence-corrected chi connectivity index (χ3v) is 5.19. The molecule has 29 heavy (non-hydrogen) atoms. The first-order chi connectivity index (χ1) is 14.0. The van der Waals surface area contributed by atoms with Gasteiger partial charge in [0.1, 0.15) is 12.3 Å². The molecule has 0 atom stereocenters. The van der Waals surface area contributed by atoms with Gasteiger partial charge in [-0.2, -0.15) is 0 Å². The Morgan fingerprint density at radius 2 is 1.90 bits per heavy atom. The Labute approximate surface area is 172 Å². The molecule has 0 aliphatic rings. The number of nitrogens with one attached hydrogen (secondary N) is 1. The van der Waals surface area contributed by atoms with Gasteiger partial charge in [0.15, 0.2) is 5.13 Å². The highest BCUT2D eigenvalue weighted by Gasteiger charge is 2.13. The molecule has 1 amide bonds. The summed E-state index contributed by atoms with van der Waals surface area (Å²) in [4.78, 5) is 29.2.